The van der Waals surface area contributed by atoms with Gasteiger partial charge in [-0.05, 0) is 83.7 Å². The number of ether oxygens (including phenoxy) is 1. The zero-order chi connectivity index (χ0) is 35.5. The molecule has 0 bridgehead atoms. The SMILES string of the molecule is COC(=O)NC(C(=O)N1CCCC2(c3ncc(-c4ccc5cc(-c6cccc(C(=O)N7CC8(CCCC8)C7)c6)ccc5c4)[nH]3)SC12)C(C)C(C)C. The highest BCUT2D eigenvalue weighted by molar-refractivity contribution is 8.08. The van der Waals surface area contributed by atoms with Crippen molar-refractivity contribution in [3.8, 4) is 22.4 Å². The summed E-state index contributed by atoms with van der Waals surface area (Å²) in [6.07, 6.45) is 8.21. The number of aromatic nitrogens is 2. The molecule has 3 amide bonds. The smallest absolute Gasteiger partial charge is 0.407 e. The molecule has 266 valence electrons. The van der Waals surface area contributed by atoms with Gasteiger partial charge >= 0.3 is 6.09 Å². The van der Waals surface area contributed by atoms with Crippen molar-refractivity contribution in [1.29, 1.82) is 0 Å². The van der Waals surface area contributed by atoms with Gasteiger partial charge < -0.3 is 24.8 Å². The number of methoxy groups -OCH3 is 1. The average Bonchev–Trinajstić information content (AvgIpc) is 3.43. The van der Waals surface area contributed by atoms with Crippen molar-refractivity contribution >= 4 is 40.4 Å². The molecule has 1 aromatic heterocycles. The Morgan fingerprint density at radius 1 is 0.922 bits per heavy atom. The second-order valence-electron chi connectivity index (χ2n) is 15.6. The van der Waals surface area contributed by atoms with Crippen LogP contribution >= 0.6 is 11.8 Å². The maximum absolute atomic E-state index is 13.9. The van der Waals surface area contributed by atoms with E-state index in [0.717, 1.165) is 70.5 Å². The molecule has 51 heavy (non-hydrogen) atoms. The number of hydrogen-bond donors (Lipinski definition) is 2. The molecule has 4 aliphatic rings. The third kappa shape index (κ3) is 6.09. The Morgan fingerprint density at radius 3 is 2.35 bits per heavy atom. The van der Waals surface area contributed by atoms with E-state index >= 15 is 0 Å². The standard InChI is InChI=1S/C41H47N5O4S/c1-25(2)26(3)34(44-39(49)50-4)36(48)46-18-8-17-41(38(46)51-41)37-42-22-33(43-37)31-14-13-29-19-28(11-12-30(29)20-31)27-9-7-10-32(21-27)35(47)45-23-40(24-45)15-5-6-16-40/h7,9-14,19-22,25-26,34,38H,5-6,8,15-18,23-24H2,1-4H3,(H,42,43)(H,44,49). The second kappa shape index (κ2) is 13.0. The molecule has 1 saturated carbocycles. The Morgan fingerprint density at radius 2 is 1.63 bits per heavy atom. The van der Waals surface area contributed by atoms with Crippen molar-refractivity contribution in [1.82, 2.24) is 25.1 Å². The van der Waals surface area contributed by atoms with Gasteiger partial charge in [-0.25, -0.2) is 9.78 Å². The zero-order valence-electron chi connectivity index (χ0n) is 29.9. The number of H-pyrrole nitrogens is 1. The number of aromatic amines is 1. The van der Waals surface area contributed by atoms with Crippen LogP contribution in [0.5, 0.6) is 0 Å². The van der Waals surface area contributed by atoms with Gasteiger partial charge in [0.2, 0.25) is 5.91 Å². The molecule has 4 heterocycles. The lowest BCUT2D eigenvalue weighted by molar-refractivity contribution is -0.136. The number of rotatable bonds is 8. The first-order chi connectivity index (χ1) is 24.6. The topological polar surface area (TPSA) is 108 Å². The molecule has 2 N–H and O–H groups in total. The number of carbonyl (C=O) groups is 3. The Bertz CT molecular complexity index is 1990. The number of fused-ring (bicyclic) bond motifs is 2. The van der Waals surface area contributed by atoms with Gasteiger partial charge in [0.15, 0.2) is 0 Å². The minimum absolute atomic E-state index is 0.0299. The monoisotopic (exact) mass is 705 g/mol. The molecule has 4 unspecified atom stereocenters. The van der Waals surface area contributed by atoms with E-state index in [0.29, 0.717) is 12.0 Å². The average molecular weight is 706 g/mol. The van der Waals surface area contributed by atoms with E-state index in [1.807, 2.05) is 41.1 Å². The first kappa shape index (κ1) is 33.8. The van der Waals surface area contributed by atoms with Gasteiger partial charge in [0.1, 0.15) is 22.0 Å². The summed E-state index contributed by atoms with van der Waals surface area (Å²) in [5.74, 6) is 1.13. The molecule has 1 spiro atoms. The first-order valence-electron chi connectivity index (χ1n) is 18.4. The van der Waals surface area contributed by atoms with Gasteiger partial charge in [-0.15, -0.1) is 11.8 Å². The van der Waals surface area contributed by atoms with Crippen molar-refractivity contribution in [3.05, 3.63) is 78.2 Å². The fourth-order valence-corrected chi connectivity index (χ4v) is 10.1. The van der Waals surface area contributed by atoms with Crippen LogP contribution in [0.15, 0.2) is 66.9 Å². The van der Waals surface area contributed by atoms with Crippen LogP contribution in [0.4, 0.5) is 4.79 Å². The molecule has 3 aliphatic heterocycles. The number of nitrogens with zero attached hydrogens (tertiary/aromatic N) is 3. The van der Waals surface area contributed by atoms with Gasteiger partial charge in [-0.1, -0.05) is 70.0 Å². The molecule has 4 atom stereocenters. The number of benzene rings is 3. The van der Waals surface area contributed by atoms with Crippen molar-refractivity contribution in [2.45, 2.75) is 75.5 Å². The molecule has 1 aliphatic carbocycles. The summed E-state index contributed by atoms with van der Waals surface area (Å²) in [5.41, 5.74) is 5.27. The Kier molecular flexibility index (Phi) is 8.64. The van der Waals surface area contributed by atoms with Crippen LogP contribution in [0.2, 0.25) is 0 Å². The molecule has 4 aromatic rings. The number of thioether (sulfide) groups is 1. The lowest BCUT2D eigenvalue weighted by atomic mass is 9.78. The van der Waals surface area contributed by atoms with Crippen LogP contribution in [0.25, 0.3) is 33.2 Å². The summed E-state index contributed by atoms with van der Waals surface area (Å²) in [5, 5.41) is 5.03. The van der Waals surface area contributed by atoms with Gasteiger partial charge in [0.05, 0.1) is 19.0 Å². The van der Waals surface area contributed by atoms with Crippen molar-refractivity contribution in [3.63, 3.8) is 0 Å². The third-order valence-corrected chi connectivity index (χ3v) is 13.7. The first-order valence-corrected chi connectivity index (χ1v) is 19.3. The number of piperidine rings is 1. The molecule has 0 radical (unpaired) electrons. The van der Waals surface area contributed by atoms with E-state index in [2.05, 4.69) is 66.6 Å². The van der Waals surface area contributed by atoms with E-state index in [4.69, 9.17) is 9.72 Å². The van der Waals surface area contributed by atoms with Crippen LogP contribution in [0.3, 0.4) is 0 Å². The van der Waals surface area contributed by atoms with Crippen molar-refractivity contribution < 1.29 is 19.1 Å². The molecule has 4 fully saturated rings. The predicted molar refractivity (Wildman–Crippen MR) is 201 cm³/mol. The van der Waals surface area contributed by atoms with Gasteiger partial charge in [0.25, 0.3) is 5.91 Å². The highest BCUT2D eigenvalue weighted by Crippen LogP contribution is 2.66. The predicted octanol–water partition coefficient (Wildman–Crippen LogP) is 7.82. The quantitative estimate of drug-likeness (QED) is 0.181. The second-order valence-corrected chi connectivity index (χ2v) is 17.0. The van der Waals surface area contributed by atoms with Gasteiger partial charge in [-0.2, -0.15) is 0 Å². The van der Waals surface area contributed by atoms with E-state index < -0.39 is 12.1 Å². The van der Waals surface area contributed by atoms with E-state index in [-0.39, 0.29) is 33.8 Å². The lowest BCUT2D eigenvalue weighted by Crippen LogP contribution is -2.57. The van der Waals surface area contributed by atoms with Gasteiger partial charge in [-0.3, -0.25) is 9.59 Å². The number of amides is 3. The number of alkyl carbamates (subject to hydrolysis) is 1. The zero-order valence-corrected chi connectivity index (χ0v) is 30.7. The molecule has 10 heteroatoms. The van der Waals surface area contributed by atoms with Crippen molar-refractivity contribution in [2.24, 2.45) is 17.3 Å². The Hall–Kier alpha value is -4.31. The fourth-order valence-electron chi connectivity index (χ4n) is 8.62. The molecular formula is C41H47N5O4S. The summed E-state index contributed by atoms with van der Waals surface area (Å²) in [4.78, 5) is 51.8. The van der Waals surface area contributed by atoms with Crippen LogP contribution in [0.1, 0.15) is 75.5 Å². The van der Waals surface area contributed by atoms with E-state index in [9.17, 15) is 14.4 Å². The van der Waals surface area contributed by atoms with E-state index in [1.54, 1.807) is 11.8 Å². The molecule has 9 nitrogen and oxygen atoms in total. The lowest BCUT2D eigenvalue weighted by Gasteiger charge is -2.48. The largest absolute Gasteiger partial charge is 0.453 e. The highest BCUT2D eigenvalue weighted by Gasteiger charge is 2.64. The normalized spacial score (nSPS) is 23.1. The Balaban J connectivity index is 0.972. The fraction of sp³-hybridized carbons (Fsp3) is 0.463. The number of nitrogens with one attached hydrogen (secondary N) is 2. The van der Waals surface area contributed by atoms with Crippen LogP contribution in [-0.4, -0.2) is 75.8 Å². The highest BCUT2D eigenvalue weighted by atomic mass is 32.2. The minimum Gasteiger partial charge on any atom is -0.453 e. The number of carbonyl (C=O) groups excluding carboxylic acids is 3. The molecule has 8 rings (SSSR count). The van der Waals surface area contributed by atoms with Crippen molar-refractivity contribution in [2.75, 3.05) is 26.7 Å². The number of hydrogen-bond acceptors (Lipinski definition) is 6. The summed E-state index contributed by atoms with van der Waals surface area (Å²) in [7, 11) is 1.32. The number of likely N-dealkylation sites (tertiary alicyclic amines) is 2. The molecule has 3 aromatic carbocycles. The molecular weight excluding hydrogens is 659 g/mol. The maximum atomic E-state index is 13.9. The number of imidazole rings is 1. The summed E-state index contributed by atoms with van der Waals surface area (Å²) in [6.45, 7) is 8.59. The van der Waals surface area contributed by atoms with E-state index in [1.165, 1.54) is 32.8 Å². The molecule has 3 saturated heterocycles. The van der Waals surface area contributed by atoms with Crippen LogP contribution in [-0.2, 0) is 14.3 Å². The minimum atomic E-state index is -0.652. The summed E-state index contributed by atoms with van der Waals surface area (Å²) >= 11 is 1.77. The van der Waals surface area contributed by atoms with Gasteiger partial charge in [0, 0.05) is 36.2 Å². The third-order valence-electron chi connectivity index (χ3n) is 12.1. The summed E-state index contributed by atoms with van der Waals surface area (Å²) < 4.78 is 4.58. The summed E-state index contributed by atoms with van der Waals surface area (Å²) in [6, 6.07) is 20.3. The Labute approximate surface area is 303 Å². The maximum Gasteiger partial charge on any atom is 0.407 e. The van der Waals surface area contributed by atoms with Crippen LogP contribution in [0, 0.1) is 17.3 Å². The van der Waals surface area contributed by atoms with Crippen LogP contribution < -0.4 is 5.32 Å².